The lowest BCUT2D eigenvalue weighted by molar-refractivity contribution is -0.131. The summed E-state index contributed by atoms with van der Waals surface area (Å²) in [5, 5.41) is 3.45. The lowest BCUT2D eigenvalue weighted by Crippen LogP contribution is -2.38. The van der Waals surface area contributed by atoms with Gasteiger partial charge in [-0.3, -0.25) is 4.79 Å². The van der Waals surface area contributed by atoms with Crippen molar-refractivity contribution in [2.45, 2.75) is 52.5 Å². The first kappa shape index (κ1) is 16.9. The minimum atomic E-state index is 0.247. The van der Waals surface area contributed by atoms with Crippen molar-refractivity contribution in [2.75, 3.05) is 6.54 Å². The molecule has 0 radical (unpaired) electrons. The van der Waals surface area contributed by atoms with Crippen LogP contribution < -0.4 is 0 Å². The fraction of sp³-hybridized carbons (Fsp3) is 0.458. The van der Waals surface area contributed by atoms with Crippen LogP contribution in [0.4, 0.5) is 0 Å². The van der Waals surface area contributed by atoms with Crippen molar-refractivity contribution in [3.63, 3.8) is 0 Å². The molecule has 2 aliphatic rings. The van der Waals surface area contributed by atoms with Crippen LogP contribution >= 0.6 is 0 Å². The van der Waals surface area contributed by atoms with E-state index in [2.05, 4.69) is 43.9 Å². The van der Waals surface area contributed by atoms with E-state index in [4.69, 9.17) is 4.42 Å². The maximum absolute atomic E-state index is 13.3. The summed E-state index contributed by atoms with van der Waals surface area (Å²) in [6, 6.07) is 12.8. The van der Waals surface area contributed by atoms with E-state index in [0.717, 1.165) is 35.9 Å². The Balaban J connectivity index is 1.48. The Hall–Kier alpha value is -2.29. The first-order valence-corrected chi connectivity index (χ1v) is 10.0. The van der Waals surface area contributed by atoms with Crippen LogP contribution in [0.5, 0.6) is 0 Å². The maximum Gasteiger partial charge on any atom is 0.227 e. The van der Waals surface area contributed by atoms with E-state index >= 15 is 0 Å². The molecule has 2 heterocycles. The van der Waals surface area contributed by atoms with Gasteiger partial charge >= 0.3 is 0 Å². The number of hydrogen-bond donors (Lipinski definition) is 0. The van der Waals surface area contributed by atoms with Crippen molar-refractivity contribution in [1.29, 1.82) is 0 Å². The zero-order valence-corrected chi connectivity index (χ0v) is 16.4. The largest absolute Gasteiger partial charge is 0.464 e. The fourth-order valence-electron chi connectivity index (χ4n) is 6.02. The van der Waals surface area contributed by atoms with Crippen LogP contribution in [0, 0.1) is 10.8 Å². The first-order valence-electron chi connectivity index (χ1n) is 10.0. The maximum atomic E-state index is 13.3. The Bertz CT molecular complexity index is 1050. The van der Waals surface area contributed by atoms with Gasteiger partial charge in [-0.05, 0) is 46.9 Å². The molecule has 0 spiro atoms. The van der Waals surface area contributed by atoms with Crippen molar-refractivity contribution in [3.05, 3.63) is 48.2 Å². The minimum Gasteiger partial charge on any atom is -0.464 e. The van der Waals surface area contributed by atoms with Crippen LogP contribution in [0.1, 0.15) is 45.6 Å². The van der Waals surface area contributed by atoms with Gasteiger partial charge in [0.15, 0.2) is 0 Å². The third-order valence-electron chi connectivity index (χ3n) is 6.62. The number of hydrogen-bond acceptors (Lipinski definition) is 2. The van der Waals surface area contributed by atoms with Gasteiger partial charge in [0, 0.05) is 23.5 Å². The van der Waals surface area contributed by atoms with Crippen LogP contribution in [-0.2, 0) is 11.2 Å². The molecule has 1 saturated heterocycles. The molecule has 3 nitrogen and oxygen atoms in total. The number of amides is 1. The van der Waals surface area contributed by atoms with Crippen molar-refractivity contribution in [2.24, 2.45) is 10.8 Å². The van der Waals surface area contributed by atoms with Crippen LogP contribution in [-0.4, -0.2) is 23.4 Å². The van der Waals surface area contributed by atoms with E-state index in [9.17, 15) is 4.79 Å². The van der Waals surface area contributed by atoms with Gasteiger partial charge in [-0.2, -0.15) is 0 Å². The normalized spacial score (nSPS) is 26.8. The number of benzene rings is 2. The number of carbonyl (C=O) groups is 1. The molecule has 5 rings (SSSR count). The van der Waals surface area contributed by atoms with Gasteiger partial charge in [-0.1, -0.05) is 51.1 Å². The third kappa shape index (κ3) is 2.75. The van der Waals surface area contributed by atoms with Crippen molar-refractivity contribution in [3.8, 4) is 0 Å². The summed E-state index contributed by atoms with van der Waals surface area (Å²) in [6.07, 6.45) is 5.68. The molecule has 3 aromatic rings. The Morgan fingerprint density at radius 2 is 1.96 bits per heavy atom. The van der Waals surface area contributed by atoms with E-state index in [-0.39, 0.29) is 11.3 Å². The van der Waals surface area contributed by atoms with E-state index in [1.165, 1.54) is 17.2 Å². The van der Waals surface area contributed by atoms with E-state index in [0.29, 0.717) is 17.9 Å². The van der Waals surface area contributed by atoms with Crippen LogP contribution in [0.2, 0.25) is 0 Å². The highest BCUT2D eigenvalue weighted by Crippen LogP contribution is 2.52. The van der Waals surface area contributed by atoms with E-state index < -0.39 is 0 Å². The molecule has 1 aliphatic heterocycles. The molecule has 2 bridgehead atoms. The summed E-state index contributed by atoms with van der Waals surface area (Å²) in [7, 11) is 0. The number of nitrogens with zero attached hydrogens (tertiary/aromatic N) is 1. The number of fused-ring (bicyclic) bond motifs is 5. The number of furan rings is 1. The summed E-state index contributed by atoms with van der Waals surface area (Å²) < 4.78 is 5.79. The number of likely N-dealkylation sites (tertiary alicyclic amines) is 1. The zero-order valence-electron chi connectivity index (χ0n) is 16.4. The van der Waals surface area contributed by atoms with Gasteiger partial charge in [0.25, 0.3) is 0 Å². The molecule has 3 heteroatoms. The highest BCUT2D eigenvalue weighted by Gasteiger charge is 2.50. The predicted molar refractivity (Wildman–Crippen MR) is 109 cm³/mol. The molecular formula is C24H27NO2. The molecule has 1 aliphatic carbocycles. The summed E-state index contributed by atoms with van der Waals surface area (Å²) in [4.78, 5) is 15.4. The average Bonchev–Trinajstić information content (AvgIpc) is 3.12. The second kappa shape index (κ2) is 5.60. The smallest absolute Gasteiger partial charge is 0.227 e. The van der Waals surface area contributed by atoms with Gasteiger partial charge in [-0.25, -0.2) is 0 Å². The molecule has 0 N–H and O–H groups in total. The minimum absolute atomic E-state index is 0.247. The molecule has 1 saturated carbocycles. The SMILES string of the molecule is CC1(C)CC2CC(C)(CN2C(=O)Cc2coc3ccc4ccccc4c23)C1. The molecule has 2 aromatic carbocycles. The van der Waals surface area contributed by atoms with Crippen molar-refractivity contribution < 1.29 is 9.21 Å². The Morgan fingerprint density at radius 3 is 2.81 bits per heavy atom. The van der Waals surface area contributed by atoms with Crippen molar-refractivity contribution >= 4 is 27.6 Å². The summed E-state index contributed by atoms with van der Waals surface area (Å²) >= 11 is 0. The number of rotatable bonds is 2. The van der Waals surface area contributed by atoms with E-state index in [1.807, 2.05) is 18.2 Å². The standard InChI is InChI=1S/C24H27NO2/c1-23(2)11-18-12-24(3,14-23)15-25(18)21(26)10-17-13-27-20-9-8-16-6-4-5-7-19(16)22(17)20/h4-9,13,18H,10-12,14-15H2,1-3H3. The zero-order chi connectivity index (χ0) is 18.8. The first-order chi connectivity index (χ1) is 12.8. The summed E-state index contributed by atoms with van der Waals surface area (Å²) in [6.45, 7) is 7.95. The highest BCUT2D eigenvalue weighted by molar-refractivity contribution is 6.08. The summed E-state index contributed by atoms with van der Waals surface area (Å²) in [5.41, 5.74) is 2.47. The molecule has 2 atom stereocenters. The van der Waals surface area contributed by atoms with Gasteiger partial charge in [0.1, 0.15) is 5.58 Å². The van der Waals surface area contributed by atoms with Gasteiger partial charge in [0.05, 0.1) is 12.7 Å². The third-order valence-corrected chi connectivity index (χ3v) is 6.62. The molecular weight excluding hydrogens is 334 g/mol. The molecule has 1 amide bonds. The Morgan fingerprint density at radius 1 is 1.15 bits per heavy atom. The molecule has 27 heavy (non-hydrogen) atoms. The quantitative estimate of drug-likeness (QED) is 0.599. The Kier molecular flexibility index (Phi) is 3.50. The fourth-order valence-corrected chi connectivity index (χ4v) is 6.02. The molecule has 2 fully saturated rings. The van der Waals surface area contributed by atoms with Gasteiger partial charge in [0.2, 0.25) is 5.91 Å². The molecule has 2 unspecified atom stereocenters. The Labute approximate surface area is 160 Å². The van der Waals surface area contributed by atoms with Crippen LogP contribution in [0.15, 0.2) is 47.1 Å². The summed E-state index contributed by atoms with van der Waals surface area (Å²) in [5.74, 6) is 0.247. The predicted octanol–water partition coefficient (Wildman–Crippen LogP) is 5.56. The van der Waals surface area contributed by atoms with Crippen LogP contribution in [0.25, 0.3) is 21.7 Å². The lowest BCUT2D eigenvalue weighted by atomic mass is 9.65. The van der Waals surface area contributed by atoms with Gasteiger partial charge < -0.3 is 9.32 Å². The van der Waals surface area contributed by atoms with Crippen LogP contribution in [0.3, 0.4) is 0 Å². The lowest BCUT2D eigenvalue weighted by Gasteiger charge is -2.39. The monoisotopic (exact) mass is 361 g/mol. The highest BCUT2D eigenvalue weighted by atomic mass is 16.3. The topological polar surface area (TPSA) is 33.5 Å². The second-order valence-electron chi connectivity index (χ2n) is 9.83. The molecule has 1 aromatic heterocycles. The average molecular weight is 361 g/mol. The van der Waals surface area contributed by atoms with Crippen molar-refractivity contribution in [1.82, 2.24) is 4.90 Å². The second-order valence-corrected chi connectivity index (χ2v) is 9.83. The number of carbonyl (C=O) groups excluding carboxylic acids is 1. The van der Waals surface area contributed by atoms with E-state index in [1.54, 1.807) is 6.26 Å². The molecule has 140 valence electrons. The van der Waals surface area contributed by atoms with Gasteiger partial charge in [-0.15, -0.1) is 0 Å².